The quantitative estimate of drug-likeness (QED) is 0.0338. The fraction of sp³-hybridized carbons (Fsp3) is 0.163. The van der Waals surface area contributed by atoms with Gasteiger partial charge in [0.15, 0.2) is 0 Å². The van der Waals surface area contributed by atoms with E-state index in [0.29, 0.717) is 34.5 Å². The molecule has 1 aliphatic rings. The smallest absolute Gasteiger partial charge is 0.412 e. The summed E-state index contributed by atoms with van der Waals surface area (Å²) < 4.78 is 5.92. The van der Waals surface area contributed by atoms with E-state index in [2.05, 4.69) is 36.6 Å². The first-order valence-electron chi connectivity index (χ1n) is 18.4. The molecule has 0 radical (unpaired) electrons. The Labute approximate surface area is 344 Å². The third-order valence-electron chi connectivity index (χ3n) is 9.23. The SMILES string of the molecule is CC(C)(OC(=O)Nc1cccc(C=NNC(=O)c2cccc(C=CC(=O)NN=O)c2)c1)C1CCN(c2ccc(/C=N\NC(=O)c3cccc(/C=C/C(=O)C(N)=O)c3)cc2)C1. The van der Waals surface area contributed by atoms with Crippen molar-refractivity contribution in [2.24, 2.45) is 27.1 Å². The van der Waals surface area contributed by atoms with Crippen molar-refractivity contribution >= 4 is 71.5 Å². The van der Waals surface area contributed by atoms with Gasteiger partial charge in [0.05, 0.1) is 17.7 Å². The molecule has 306 valence electrons. The fourth-order valence-electron chi connectivity index (χ4n) is 6.03. The van der Waals surface area contributed by atoms with Crippen LogP contribution in [0, 0.1) is 10.8 Å². The molecule has 17 nitrogen and oxygen atoms in total. The minimum Gasteiger partial charge on any atom is -0.443 e. The van der Waals surface area contributed by atoms with Crippen LogP contribution in [0.1, 0.15) is 63.2 Å². The van der Waals surface area contributed by atoms with E-state index in [1.165, 1.54) is 24.6 Å². The van der Waals surface area contributed by atoms with Gasteiger partial charge < -0.3 is 15.4 Å². The minimum absolute atomic E-state index is 0.0374. The number of benzene rings is 4. The highest BCUT2D eigenvalue weighted by Crippen LogP contribution is 2.33. The third-order valence-corrected chi connectivity index (χ3v) is 9.23. The number of ether oxygens (including phenoxy) is 1. The molecule has 1 fully saturated rings. The lowest BCUT2D eigenvalue weighted by Gasteiger charge is -2.31. The molecule has 5 rings (SSSR count). The summed E-state index contributed by atoms with van der Waals surface area (Å²) in [5, 5.41) is 13.1. The minimum atomic E-state index is -1.07. The Balaban J connectivity index is 1.07. The molecule has 60 heavy (non-hydrogen) atoms. The molecule has 1 unspecified atom stereocenters. The molecule has 6 N–H and O–H groups in total. The lowest BCUT2D eigenvalue weighted by molar-refractivity contribution is -0.133. The van der Waals surface area contributed by atoms with Crippen LogP contribution in [0.5, 0.6) is 0 Å². The molecule has 1 atom stereocenters. The number of amides is 5. The molecule has 4 aromatic carbocycles. The van der Waals surface area contributed by atoms with Gasteiger partial charge >= 0.3 is 6.09 Å². The number of anilines is 2. The van der Waals surface area contributed by atoms with Gasteiger partial charge in [-0.25, -0.2) is 21.1 Å². The molecular formula is C43H41N9O8. The highest BCUT2D eigenvalue weighted by Gasteiger charge is 2.38. The first-order chi connectivity index (χ1) is 28.8. The van der Waals surface area contributed by atoms with Gasteiger partial charge in [-0.05, 0) is 103 Å². The van der Waals surface area contributed by atoms with Crippen molar-refractivity contribution < 1.29 is 33.5 Å². The Morgan fingerprint density at radius 2 is 1.32 bits per heavy atom. The lowest BCUT2D eigenvalue weighted by Crippen LogP contribution is -2.39. The van der Waals surface area contributed by atoms with Crippen molar-refractivity contribution in [3.8, 4) is 0 Å². The van der Waals surface area contributed by atoms with Crippen LogP contribution in [0.3, 0.4) is 0 Å². The maximum atomic E-state index is 13.0. The zero-order valence-corrected chi connectivity index (χ0v) is 32.5. The number of hydrazone groups is 2. The van der Waals surface area contributed by atoms with E-state index in [0.717, 1.165) is 36.4 Å². The summed E-state index contributed by atoms with van der Waals surface area (Å²) in [7, 11) is 0. The summed E-state index contributed by atoms with van der Waals surface area (Å²) in [6.45, 7) is 5.18. The Hall–Kier alpha value is -8.08. The summed E-state index contributed by atoms with van der Waals surface area (Å²) in [6, 6.07) is 27.4. The second-order valence-corrected chi connectivity index (χ2v) is 13.9. The van der Waals surface area contributed by atoms with Crippen molar-refractivity contribution in [1.82, 2.24) is 16.3 Å². The van der Waals surface area contributed by atoms with Gasteiger partial charge in [0.25, 0.3) is 23.6 Å². The number of hydrogen-bond donors (Lipinski definition) is 5. The Kier molecular flexibility index (Phi) is 14.6. The molecule has 0 aromatic heterocycles. The summed E-state index contributed by atoms with van der Waals surface area (Å²) in [6.07, 6.45) is 8.09. The highest BCUT2D eigenvalue weighted by atomic mass is 16.6. The number of nitrogens with one attached hydrogen (secondary N) is 4. The predicted octanol–water partition coefficient (Wildman–Crippen LogP) is 4.95. The standard InChI is InChI=1S/C43H41N9O8/c1-43(2,60-42(58)47-35-11-5-8-31(24-35)26-46-50-41(57)33-10-4-7-29(23-33)15-19-38(54)48-51-59)34-20-21-52(27-34)36-16-12-30(13-17-36)25-45-49-40(56)32-9-3-6-28(22-32)14-18-37(53)39(44)55/h3-19,22-26,34H,20-21,27H2,1-2H3,(H2,44,55)(H,47,58)(H,49,56)(H,50,57)(H,48,54,59)/b18-14+,19-15?,45-25-,46-26?. The average molecular weight is 812 g/mol. The summed E-state index contributed by atoms with van der Waals surface area (Å²) in [5.74, 6) is -3.53. The zero-order valence-electron chi connectivity index (χ0n) is 32.5. The van der Waals surface area contributed by atoms with E-state index in [9.17, 15) is 33.7 Å². The molecule has 4 aromatic rings. The number of carbonyl (C=O) groups excluding carboxylic acids is 6. The third kappa shape index (κ3) is 12.7. The largest absolute Gasteiger partial charge is 0.443 e. The van der Waals surface area contributed by atoms with Crippen LogP contribution in [-0.4, -0.2) is 66.6 Å². The van der Waals surface area contributed by atoms with Crippen molar-refractivity contribution in [2.75, 3.05) is 23.3 Å². The number of primary amides is 1. The van der Waals surface area contributed by atoms with Crippen molar-refractivity contribution in [3.05, 3.63) is 148 Å². The number of nitrogens with zero attached hydrogens (tertiary/aromatic N) is 4. The Morgan fingerprint density at radius 1 is 0.733 bits per heavy atom. The topological polar surface area (TPSA) is 243 Å². The lowest BCUT2D eigenvalue weighted by atomic mass is 9.90. The van der Waals surface area contributed by atoms with Crippen LogP contribution < -0.4 is 32.2 Å². The second-order valence-electron chi connectivity index (χ2n) is 13.9. The van der Waals surface area contributed by atoms with Gasteiger partial charge in [-0.2, -0.15) is 10.2 Å². The van der Waals surface area contributed by atoms with Crippen LogP contribution in [0.25, 0.3) is 12.2 Å². The zero-order chi connectivity index (χ0) is 43.1. The Bertz CT molecular complexity index is 2390. The van der Waals surface area contributed by atoms with Crippen molar-refractivity contribution in [2.45, 2.75) is 25.9 Å². The number of ketones is 1. The predicted molar refractivity (Wildman–Crippen MR) is 227 cm³/mol. The highest BCUT2D eigenvalue weighted by molar-refractivity contribution is 6.40. The maximum absolute atomic E-state index is 13.0. The maximum Gasteiger partial charge on any atom is 0.412 e. The van der Waals surface area contributed by atoms with E-state index < -0.39 is 41.1 Å². The molecule has 1 saturated heterocycles. The molecule has 0 spiro atoms. The molecule has 1 heterocycles. The number of nitroso groups, excluding NO2 is 1. The van der Waals surface area contributed by atoms with Gasteiger partial charge in [0, 0.05) is 47.6 Å². The number of hydrogen-bond acceptors (Lipinski definition) is 12. The van der Waals surface area contributed by atoms with E-state index in [-0.39, 0.29) is 11.5 Å². The van der Waals surface area contributed by atoms with Crippen LogP contribution in [0.4, 0.5) is 16.2 Å². The number of carbonyl (C=O) groups is 6. The van der Waals surface area contributed by atoms with Gasteiger partial charge in [-0.15, -0.1) is 4.91 Å². The van der Waals surface area contributed by atoms with Gasteiger partial charge in [0.2, 0.25) is 5.78 Å². The van der Waals surface area contributed by atoms with Gasteiger partial charge in [0.1, 0.15) is 5.60 Å². The van der Waals surface area contributed by atoms with Crippen LogP contribution in [0.15, 0.2) is 125 Å². The van der Waals surface area contributed by atoms with Gasteiger partial charge in [-0.3, -0.25) is 29.3 Å². The summed E-state index contributed by atoms with van der Waals surface area (Å²) >= 11 is 0. The Morgan fingerprint density at radius 3 is 1.93 bits per heavy atom. The second kappa shape index (κ2) is 20.4. The molecule has 1 aliphatic heterocycles. The van der Waals surface area contributed by atoms with E-state index >= 15 is 0 Å². The molecular weight excluding hydrogens is 771 g/mol. The molecule has 0 bridgehead atoms. The summed E-state index contributed by atoms with van der Waals surface area (Å²) in [4.78, 5) is 84.4. The molecule has 0 saturated carbocycles. The van der Waals surface area contributed by atoms with E-state index in [1.807, 2.05) is 38.1 Å². The first kappa shape index (κ1) is 43.1. The van der Waals surface area contributed by atoms with Gasteiger partial charge in [-0.1, -0.05) is 54.6 Å². The summed E-state index contributed by atoms with van der Waals surface area (Å²) in [5.41, 5.74) is 15.3. The van der Waals surface area contributed by atoms with E-state index in [4.69, 9.17) is 10.5 Å². The van der Waals surface area contributed by atoms with E-state index in [1.54, 1.807) is 78.2 Å². The van der Waals surface area contributed by atoms with Crippen molar-refractivity contribution in [3.63, 3.8) is 0 Å². The molecule has 5 amide bonds. The average Bonchev–Trinajstić information content (AvgIpc) is 3.74. The normalized spacial score (nSPS) is 14.0. The first-order valence-corrected chi connectivity index (χ1v) is 18.4. The number of rotatable bonds is 16. The molecule has 0 aliphatic carbocycles. The number of nitrogens with two attached hydrogens (primary N) is 1. The monoisotopic (exact) mass is 811 g/mol. The van der Waals surface area contributed by atoms with Crippen LogP contribution in [-0.2, 0) is 19.1 Å². The fourth-order valence-corrected chi connectivity index (χ4v) is 6.03. The van der Waals surface area contributed by atoms with Crippen molar-refractivity contribution in [1.29, 1.82) is 0 Å². The van der Waals surface area contributed by atoms with Crippen LogP contribution in [0.2, 0.25) is 0 Å². The van der Waals surface area contributed by atoms with Crippen LogP contribution >= 0.6 is 0 Å². The molecule has 17 heteroatoms.